The molecule has 0 bridgehead atoms. The summed E-state index contributed by atoms with van der Waals surface area (Å²) >= 11 is 0. The van der Waals surface area contributed by atoms with Crippen LogP contribution < -0.4 is 0 Å². The van der Waals surface area contributed by atoms with Crippen molar-refractivity contribution < 1.29 is 13.5 Å². The lowest BCUT2D eigenvalue weighted by atomic mass is 10.0. The average molecular weight is 283 g/mol. The number of aliphatic hydroxyl groups is 1. The number of rotatable bonds is 4. The molecule has 0 spiro atoms. The van der Waals surface area contributed by atoms with Crippen molar-refractivity contribution in [3.05, 3.63) is 29.8 Å². The van der Waals surface area contributed by atoms with Crippen molar-refractivity contribution in [3.63, 3.8) is 0 Å². The third kappa shape index (κ3) is 2.99. The lowest BCUT2D eigenvalue weighted by Gasteiger charge is -2.28. The average Bonchev–Trinajstić information content (AvgIpc) is 2.76. The monoisotopic (exact) mass is 283 g/mol. The fourth-order valence-electron chi connectivity index (χ4n) is 2.70. The molecule has 1 saturated carbocycles. The van der Waals surface area contributed by atoms with Gasteiger partial charge in [-0.2, -0.15) is 4.31 Å². The second kappa shape index (κ2) is 5.23. The van der Waals surface area contributed by atoms with Gasteiger partial charge in [0.15, 0.2) is 0 Å². The minimum atomic E-state index is -3.52. The normalized spacial score (nSPS) is 18.9. The summed E-state index contributed by atoms with van der Waals surface area (Å²) in [6.45, 7) is 1.95. The third-order valence-electron chi connectivity index (χ3n) is 3.83. The first-order valence-corrected chi connectivity index (χ1v) is 8.04. The Kier molecular flexibility index (Phi) is 3.99. The van der Waals surface area contributed by atoms with Crippen molar-refractivity contribution in [1.82, 2.24) is 4.31 Å². The predicted octanol–water partition coefficient (Wildman–Crippen LogP) is 1.92. The molecule has 19 heavy (non-hydrogen) atoms. The van der Waals surface area contributed by atoms with Gasteiger partial charge >= 0.3 is 0 Å². The van der Waals surface area contributed by atoms with E-state index >= 15 is 0 Å². The van der Waals surface area contributed by atoms with Crippen molar-refractivity contribution in [2.24, 2.45) is 0 Å². The molecule has 0 saturated heterocycles. The topological polar surface area (TPSA) is 57.6 Å². The summed E-state index contributed by atoms with van der Waals surface area (Å²) in [6.07, 6.45) is 3.30. The maximum Gasteiger partial charge on any atom is 0.243 e. The van der Waals surface area contributed by atoms with E-state index in [2.05, 4.69) is 0 Å². The van der Waals surface area contributed by atoms with Crippen LogP contribution in [0.15, 0.2) is 29.2 Å². The fraction of sp³-hybridized carbons (Fsp3) is 0.571. The molecular weight excluding hydrogens is 262 g/mol. The van der Waals surface area contributed by atoms with Crippen LogP contribution in [0.3, 0.4) is 0 Å². The van der Waals surface area contributed by atoms with Gasteiger partial charge in [-0.15, -0.1) is 0 Å². The Labute approximate surface area is 115 Å². The highest BCUT2D eigenvalue weighted by atomic mass is 32.2. The van der Waals surface area contributed by atoms with Gasteiger partial charge in [-0.3, -0.25) is 0 Å². The molecule has 0 heterocycles. The number of benzene rings is 1. The maximum atomic E-state index is 12.5. The molecule has 5 heteroatoms. The third-order valence-corrected chi connectivity index (χ3v) is 5.80. The summed E-state index contributed by atoms with van der Waals surface area (Å²) in [5.41, 5.74) is -0.127. The maximum absolute atomic E-state index is 12.5. The van der Waals surface area contributed by atoms with E-state index in [1.54, 1.807) is 25.1 Å². The zero-order valence-corrected chi connectivity index (χ0v) is 12.3. The van der Waals surface area contributed by atoms with Crippen LogP contribution in [0.4, 0.5) is 0 Å². The zero-order valence-electron chi connectivity index (χ0n) is 11.5. The van der Waals surface area contributed by atoms with Crippen molar-refractivity contribution >= 4 is 10.0 Å². The molecular formula is C14H21NO3S. The smallest absolute Gasteiger partial charge is 0.243 e. The highest BCUT2D eigenvalue weighted by Gasteiger charge is 2.36. The Morgan fingerprint density at radius 2 is 1.84 bits per heavy atom. The van der Waals surface area contributed by atoms with E-state index < -0.39 is 15.6 Å². The van der Waals surface area contributed by atoms with Gasteiger partial charge < -0.3 is 5.11 Å². The second-order valence-electron chi connectivity index (χ2n) is 5.46. The zero-order chi connectivity index (χ0) is 14.1. The number of likely N-dealkylation sites (N-methyl/N-ethyl adjacent to an activating group) is 1. The molecule has 0 aromatic heterocycles. The van der Waals surface area contributed by atoms with Gasteiger partial charge in [0.05, 0.1) is 10.5 Å². The molecule has 1 N–H and O–H groups in total. The van der Waals surface area contributed by atoms with E-state index in [4.69, 9.17) is 0 Å². The van der Waals surface area contributed by atoms with Crippen LogP contribution in [0.25, 0.3) is 0 Å². The first-order chi connectivity index (χ1) is 8.85. The number of sulfonamides is 1. The summed E-state index contributed by atoms with van der Waals surface area (Å²) in [4.78, 5) is 0.319. The lowest BCUT2D eigenvalue weighted by molar-refractivity contribution is 0.0333. The molecule has 1 aliphatic rings. The Morgan fingerprint density at radius 3 is 2.42 bits per heavy atom. The summed E-state index contributed by atoms with van der Waals surface area (Å²) in [7, 11) is -1.98. The Balaban J connectivity index is 2.22. The molecule has 2 rings (SSSR count). The molecule has 1 aliphatic carbocycles. The Morgan fingerprint density at radius 1 is 1.26 bits per heavy atom. The molecule has 1 aromatic rings. The number of nitrogens with zero attached hydrogens (tertiary/aromatic N) is 1. The van der Waals surface area contributed by atoms with Gasteiger partial charge in [0.25, 0.3) is 0 Å². The molecule has 0 amide bonds. The number of hydrogen-bond acceptors (Lipinski definition) is 3. The predicted molar refractivity (Wildman–Crippen MR) is 74.4 cm³/mol. The van der Waals surface area contributed by atoms with Crippen molar-refractivity contribution in [2.45, 2.75) is 43.1 Å². The van der Waals surface area contributed by atoms with Crippen LogP contribution in [0.1, 0.15) is 31.2 Å². The lowest BCUT2D eigenvalue weighted by Crippen LogP contribution is -2.42. The Bertz CT molecular complexity index is 548. The molecule has 4 nitrogen and oxygen atoms in total. The van der Waals surface area contributed by atoms with E-state index in [-0.39, 0.29) is 6.54 Å². The second-order valence-corrected chi connectivity index (χ2v) is 7.47. The van der Waals surface area contributed by atoms with Gasteiger partial charge in [0, 0.05) is 13.6 Å². The van der Waals surface area contributed by atoms with E-state index in [0.717, 1.165) is 18.4 Å². The molecule has 1 aromatic carbocycles. The van der Waals surface area contributed by atoms with E-state index in [0.29, 0.717) is 17.7 Å². The molecule has 0 aliphatic heterocycles. The van der Waals surface area contributed by atoms with Crippen LogP contribution >= 0.6 is 0 Å². The van der Waals surface area contributed by atoms with Crippen LogP contribution in [-0.2, 0) is 10.0 Å². The SMILES string of the molecule is Cc1ccccc1S(=O)(=O)N(C)CC1(O)CCCC1. The molecule has 106 valence electrons. The molecule has 0 atom stereocenters. The van der Waals surface area contributed by atoms with Gasteiger partial charge in [0.2, 0.25) is 10.0 Å². The minimum absolute atomic E-state index is 0.170. The minimum Gasteiger partial charge on any atom is -0.389 e. The quantitative estimate of drug-likeness (QED) is 0.918. The Hall–Kier alpha value is -0.910. The van der Waals surface area contributed by atoms with E-state index in [1.807, 2.05) is 6.07 Å². The molecule has 0 unspecified atom stereocenters. The first-order valence-electron chi connectivity index (χ1n) is 6.60. The first kappa shape index (κ1) is 14.5. The summed E-state index contributed by atoms with van der Waals surface area (Å²) in [5.74, 6) is 0. The van der Waals surface area contributed by atoms with E-state index in [9.17, 15) is 13.5 Å². The van der Waals surface area contributed by atoms with Crippen LogP contribution in [0, 0.1) is 6.92 Å². The van der Waals surface area contributed by atoms with E-state index in [1.165, 1.54) is 11.4 Å². The van der Waals surface area contributed by atoms with Gasteiger partial charge in [0.1, 0.15) is 0 Å². The number of aryl methyl sites for hydroxylation is 1. The van der Waals surface area contributed by atoms with Crippen LogP contribution in [0.5, 0.6) is 0 Å². The van der Waals surface area contributed by atoms with Gasteiger partial charge in [-0.25, -0.2) is 8.42 Å². The highest BCUT2D eigenvalue weighted by molar-refractivity contribution is 7.89. The van der Waals surface area contributed by atoms with Crippen LogP contribution in [0.2, 0.25) is 0 Å². The van der Waals surface area contributed by atoms with Crippen molar-refractivity contribution in [1.29, 1.82) is 0 Å². The summed E-state index contributed by atoms with van der Waals surface area (Å²) in [6, 6.07) is 6.93. The van der Waals surface area contributed by atoms with Crippen molar-refractivity contribution in [3.8, 4) is 0 Å². The van der Waals surface area contributed by atoms with Gasteiger partial charge in [-0.1, -0.05) is 31.0 Å². The molecule has 1 fully saturated rings. The number of hydrogen-bond donors (Lipinski definition) is 1. The molecule has 0 radical (unpaired) electrons. The standard InChI is InChI=1S/C14H21NO3S/c1-12-7-3-4-8-13(12)19(17,18)15(2)11-14(16)9-5-6-10-14/h3-4,7-8,16H,5-6,9-11H2,1-2H3. The summed E-state index contributed by atoms with van der Waals surface area (Å²) < 4.78 is 26.3. The highest BCUT2D eigenvalue weighted by Crippen LogP contribution is 2.31. The van der Waals surface area contributed by atoms with Crippen molar-refractivity contribution in [2.75, 3.05) is 13.6 Å². The summed E-state index contributed by atoms with van der Waals surface area (Å²) in [5, 5.41) is 10.3. The van der Waals surface area contributed by atoms with Gasteiger partial charge in [-0.05, 0) is 31.4 Å². The van der Waals surface area contributed by atoms with Crippen LogP contribution in [-0.4, -0.2) is 37.0 Å². The fourth-order valence-corrected chi connectivity index (χ4v) is 4.18. The largest absolute Gasteiger partial charge is 0.389 e.